The zero-order chi connectivity index (χ0) is 24.3. The Morgan fingerprint density at radius 2 is 1.74 bits per heavy atom. The normalized spacial score (nSPS) is 14.6. The number of aryl methyl sites for hydroxylation is 1. The Balaban J connectivity index is 1.33. The number of ether oxygens (including phenoxy) is 2. The number of benzene rings is 1. The van der Waals surface area contributed by atoms with Crippen molar-refractivity contribution in [3.05, 3.63) is 77.0 Å². The van der Waals surface area contributed by atoms with Crippen LogP contribution in [-0.4, -0.2) is 54.4 Å². The summed E-state index contributed by atoms with van der Waals surface area (Å²) >= 11 is 0. The lowest BCUT2D eigenvalue weighted by atomic mass is 10.1. The number of hydrogen-bond acceptors (Lipinski definition) is 7. The number of rotatable bonds is 5. The molecule has 3 heterocycles. The number of carbonyl (C=O) groups is 1. The van der Waals surface area contributed by atoms with Crippen molar-refractivity contribution < 1.29 is 22.7 Å². The second-order valence-electron chi connectivity index (χ2n) is 8.14. The van der Waals surface area contributed by atoms with Gasteiger partial charge in [-0.05, 0) is 49.4 Å². The number of amides is 1. The molecule has 0 atom stereocenters. The van der Waals surface area contributed by atoms with Crippen LogP contribution in [0.1, 0.15) is 18.5 Å². The van der Waals surface area contributed by atoms with Crippen LogP contribution >= 0.6 is 0 Å². The van der Waals surface area contributed by atoms with Gasteiger partial charge in [-0.1, -0.05) is 0 Å². The van der Waals surface area contributed by atoms with Gasteiger partial charge in [-0.3, -0.25) is 14.3 Å². The van der Waals surface area contributed by atoms with Gasteiger partial charge in [-0.15, -0.1) is 0 Å². The number of likely N-dealkylation sites (tertiary alicyclic amines) is 1. The molecule has 0 bridgehead atoms. The monoisotopic (exact) mass is 483 g/mol. The molecule has 4 rings (SSSR count). The summed E-state index contributed by atoms with van der Waals surface area (Å²) in [6.45, 7) is 2.82. The summed E-state index contributed by atoms with van der Waals surface area (Å²) in [5, 5.41) is 0. The van der Waals surface area contributed by atoms with E-state index in [4.69, 9.17) is 9.47 Å². The second-order valence-corrected chi connectivity index (χ2v) is 10.2. The summed E-state index contributed by atoms with van der Waals surface area (Å²) in [7, 11) is -3.30. The molecule has 2 aromatic heterocycles. The van der Waals surface area contributed by atoms with Crippen molar-refractivity contribution in [3.63, 3.8) is 0 Å². The minimum atomic E-state index is -3.30. The topological polar surface area (TPSA) is 108 Å². The Hall–Kier alpha value is -3.66. The fraction of sp³-hybridized carbons (Fsp3) is 0.292. The molecule has 0 radical (unpaired) electrons. The third-order valence-corrected chi connectivity index (χ3v) is 6.65. The van der Waals surface area contributed by atoms with Crippen molar-refractivity contribution in [1.29, 1.82) is 0 Å². The van der Waals surface area contributed by atoms with E-state index in [1.165, 1.54) is 29.0 Å². The third-order valence-electron chi connectivity index (χ3n) is 5.53. The van der Waals surface area contributed by atoms with Gasteiger partial charge in [0.1, 0.15) is 11.9 Å². The van der Waals surface area contributed by atoms with Crippen LogP contribution in [0.15, 0.2) is 70.6 Å². The molecule has 1 aliphatic rings. The van der Waals surface area contributed by atoms with Crippen LogP contribution in [0.5, 0.6) is 11.5 Å². The molecule has 1 saturated heterocycles. The highest BCUT2D eigenvalue weighted by molar-refractivity contribution is 7.90. The highest BCUT2D eigenvalue weighted by Gasteiger charge is 2.25. The number of sulfone groups is 1. The number of hydrogen-bond donors (Lipinski definition) is 0. The van der Waals surface area contributed by atoms with E-state index in [9.17, 15) is 18.0 Å². The summed E-state index contributed by atoms with van der Waals surface area (Å²) in [5.74, 6) is 0.848. The highest BCUT2D eigenvalue weighted by Crippen LogP contribution is 2.20. The van der Waals surface area contributed by atoms with Crippen LogP contribution in [0.25, 0.3) is 5.69 Å². The van der Waals surface area contributed by atoms with Crippen molar-refractivity contribution in [1.82, 2.24) is 14.5 Å². The fourth-order valence-electron chi connectivity index (χ4n) is 3.63. The number of carbonyl (C=O) groups excluding carboxylic acids is 1. The van der Waals surface area contributed by atoms with Gasteiger partial charge in [0, 0.05) is 55.8 Å². The molecule has 0 N–H and O–H groups in total. The van der Waals surface area contributed by atoms with Gasteiger partial charge in [0.25, 0.3) is 5.56 Å². The largest absolute Gasteiger partial charge is 0.490 e. The molecule has 10 heteroatoms. The maximum Gasteiger partial charge on any atom is 0.415 e. The average molecular weight is 484 g/mol. The Morgan fingerprint density at radius 1 is 1.03 bits per heavy atom. The van der Waals surface area contributed by atoms with E-state index in [1.807, 2.05) is 6.92 Å². The van der Waals surface area contributed by atoms with Crippen LogP contribution in [0.3, 0.4) is 0 Å². The summed E-state index contributed by atoms with van der Waals surface area (Å²) < 4.78 is 36.0. The molecular formula is C24H25N3O6S. The quantitative estimate of drug-likeness (QED) is 0.549. The van der Waals surface area contributed by atoms with Gasteiger partial charge in [-0.25, -0.2) is 13.2 Å². The number of pyridine rings is 2. The van der Waals surface area contributed by atoms with E-state index < -0.39 is 15.9 Å². The van der Waals surface area contributed by atoms with Gasteiger partial charge >= 0.3 is 6.09 Å². The predicted octanol–water partition coefficient (Wildman–Crippen LogP) is 2.99. The van der Waals surface area contributed by atoms with E-state index in [0.29, 0.717) is 43.1 Å². The van der Waals surface area contributed by atoms with Crippen LogP contribution in [0, 0.1) is 6.92 Å². The van der Waals surface area contributed by atoms with E-state index in [0.717, 1.165) is 11.9 Å². The Morgan fingerprint density at radius 3 is 2.32 bits per heavy atom. The number of piperidine rings is 1. The maximum atomic E-state index is 12.6. The minimum Gasteiger partial charge on any atom is -0.490 e. The van der Waals surface area contributed by atoms with Gasteiger partial charge in [0.05, 0.1) is 11.1 Å². The lowest BCUT2D eigenvalue weighted by Gasteiger charge is -2.31. The van der Waals surface area contributed by atoms with Crippen molar-refractivity contribution in [2.24, 2.45) is 0 Å². The molecule has 1 aliphatic heterocycles. The van der Waals surface area contributed by atoms with Crippen LogP contribution in [0.2, 0.25) is 0 Å². The first-order valence-electron chi connectivity index (χ1n) is 10.8. The average Bonchev–Trinajstić information content (AvgIpc) is 2.81. The molecular weight excluding hydrogens is 458 g/mol. The first-order chi connectivity index (χ1) is 16.2. The van der Waals surface area contributed by atoms with E-state index in [-0.39, 0.29) is 16.6 Å². The Kier molecular flexibility index (Phi) is 6.69. The number of aromatic nitrogens is 2. The summed E-state index contributed by atoms with van der Waals surface area (Å²) in [6.07, 6.45) is 4.91. The predicted molar refractivity (Wildman–Crippen MR) is 125 cm³/mol. The molecule has 0 spiro atoms. The van der Waals surface area contributed by atoms with Gasteiger partial charge in [-0.2, -0.15) is 0 Å². The van der Waals surface area contributed by atoms with Crippen molar-refractivity contribution in [2.45, 2.75) is 30.8 Å². The van der Waals surface area contributed by atoms with Gasteiger partial charge < -0.3 is 14.4 Å². The molecule has 0 aliphatic carbocycles. The number of nitrogens with zero attached hydrogens (tertiary/aromatic N) is 3. The molecule has 1 aromatic carbocycles. The molecule has 178 valence electrons. The lowest BCUT2D eigenvalue weighted by Crippen LogP contribution is -2.43. The molecule has 0 saturated carbocycles. The Labute approximate surface area is 197 Å². The molecule has 1 fully saturated rings. The Bertz CT molecular complexity index is 1330. The third kappa shape index (κ3) is 5.63. The van der Waals surface area contributed by atoms with Crippen LogP contribution in [-0.2, 0) is 9.84 Å². The molecule has 1 amide bonds. The fourth-order valence-corrected chi connectivity index (χ4v) is 4.26. The first-order valence-corrected chi connectivity index (χ1v) is 12.7. The van der Waals surface area contributed by atoms with Crippen LogP contribution < -0.4 is 15.0 Å². The van der Waals surface area contributed by atoms with Gasteiger partial charge in [0.2, 0.25) is 0 Å². The smallest absolute Gasteiger partial charge is 0.415 e. The summed E-state index contributed by atoms with van der Waals surface area (Å²) in [5.41, 5.74) is 1.10. The van der Waals surface area contributed by atoms with Crippen molar-refractivity contribution >= 4 is 15.9 Å². The van der Waals surface area contributed by atoms with E-state index in [2.05, 4.69) is 4.98 Å². The van der Waals surface area contributed by atoms with E-state index >= 15 is 0 Å². The van der Waals surface area contributed by atoms with E-state index in [1.54, 1.807) is 41.4 Å². The summed E-state index contributed by atoms with van der Waals surface area (Å²) in [6, 6.07) is 12.7. The zero-order valence-corrected chi connectivity index (χ0v) is 19.7. The molecule has 3 aromatic rings. The molecule has 0 unspecified atom stereocenters. The first kappa shape index (κ1) is 23.5. The van der Waals surface area contributed by atoms with Crippen molar-refractivity contribution in [3.8, 4) is 17.2 Å². The van der Waals surface area contributed by atoms with Crippen LogP contribution in [0.4, 0.5) is 4.79 Å². The lowest BCUT2D eigenvalue weighted by molar-refractivity contribution is 0.0928. The molecule has 9 nitrogen and oxygen atoms in total. The maximum absolute atomic E-state index is 12.6. The zero-order valence-electron chi connectivity index (χ0n) is 18.9. The van der Waals surface area contributed by atoms with Gasteiger partial charge in [0.15, 0.2) is 15.6 Å². The molecule has 34 heavy (non-hydrogen) atoms. The highest BCUT2D eigenvalue weighted by atomic mass is 32.2. The SMILES string of the molecule is Cc1ccc(OC(=O)N2CCC(Oc3ccn(-c4ccc(S(C)(=O)=O)cc4)c(=O)c3)CC2)cn1. The van der Waals surface area contributed by atoms with Crippen molar-refractivity contribution in [2.75, 3.05) is 19.3 Å². The standard InChI is InChI=1S/C24H25N3O6S/c1-17-3-6-21(16-25-17)33-24(29)26-12-9-19(10-13-26)32-20-11-14-27(23(28)15-20)18-4-7-22(8-5-18)34(2,30)31/h3-8,11,14-16,19H,9-10,12-13H2,1-2H3. The second kappa shape index (κ2) is 9.68. The minimum absolute atomic E-state index is 0.130. The summed E-state index contributed by atoms with van der Waals surface area (Å²) in [4.78, 5) is 30.9.